The Morgan fingerprint density at radius 3 is 2.68 bits per heavy atom. The van der Waals surface area contributed by atoms with Gasteiger partial charge in [-0.1, -0.05) is 6.07 Å². The largest absolute Gasteiger partial charge is 0.468 e. The maximum Gasteiger partial charge on any atom is 0.422 e. The van der Waals surface area contributed by atoms with Crippen molar-refractivity contribution in [1.29, 1.82) is 0 Å². The maximum atomic E-state index is 15.6. The van der Waals surface area contributed by atoms with E-state index in [4.69, 9.17) is 4.74 Å². The molecule has 202 valence electrons. The lowest BCUT2D eigenvalue weighted by atomic mass is 9.76. The molecular formula is C27H34F4N4O2. The lowest BCUT2D eigenvalue weighted by Gasteiger charge is -2.35. The number of ether oxygens (including phenoxy) is 1. The number of ketones is 1. The summed E-state index contributed by atoms with van der Waals surface area (Å²) in [5.41, 5.74) is 1.41. The summed E-state index contributed by atoms with van der Waals surface area (Å²) >= 11 is 0. The number of carbonyl (C=O) groups is 1. The van der Waals surface area contributed by atoms with E-state index in [1.807, 2.05) is 13.2 Å². The Balaban J connectivity index is 1.19. The van der Waals surface area contributed by atoms with Gasteiger partial charge in [0.1, 0.15) is 5.67 Å². The fourth-order valence-electron chi connectivity index (χ4n) is 5.14. The van der Waals surface area contributed by atoms with Crippen molar-refractivity contribution >= 4 is 11.9 Å². The van der Waals surface area contributed by atoms with Crippen LogP contribution in [-0.4, -0.2) is 63.5 Å². The number of halogens is 4. The molecule has 3 heterocycles. The third-order valence-electron chi connectivity index (χ3n) is 7.34. The Morgan fingerprint density at radius 2 is 1.97 bits per heavy atom. The SMILES string of the molecule is Cn1cc(/C=C/C(=O)CC2CCC(F)(CCN3CCc4ccc(OCC(F)(F)F)nc4CC3)CC2)cn1. The van der Waals surface area contributed by atoms with Crippen LogP contribution in [0.1, 0.15) is 55.3 Å². The Morgan fingerprint density at radius 1 is 1.22 bits per heavy atom. The van der Waals surface area contributed by atoms with Crippen LogP contribution < -0.4 is 4.74 Å². The number of allylic oxidation sites excluding steroid dienone is 1. The van der Waals surface area contributed by atoms with Crippen LogP contribution in [-0.2, 0) is 24.7 Å². The maximum absolute atomic E-state index is 15.6. The van der Waals surface area contributed by atoms with E-state index in [1.165, 1.54) is 6.07 Å². The highest BCUT2D eigenvalue weighted by atomic mass is 19.4. The van der Waals surface area contributed by atoms with Gasteiger partial charge < -0.3 is 9.64 Å². The first-order valence-electron chi connectivity index (χ1n) is 12.9. The molecule has 1 aliphatic heterocycles. The second-order valence-corrected chi connectivity index (χ2v) is 10.3. The highest BCUT2D eigenvalue weighted by molar-refractivity contribution is 5.93. The molecule has 1 saturated carbocycles. The number of aromatic nitrogens is 3. The van der Waals surface area contributed by atoms with Gasteiger partial charge in [-0.3, -0.25) is 9.48 Å². The van der Waals surface area contributed by atoms with E-state index in [9.17, 15) is 18.0 Å². The number of fused-ring (bicyclic) bond motifs is 1. The average molecular weight is 523 g/mol. The number of hydrogen-bond acceptors (Lipinski definition) is 5. The summed E-state index contributed by atoms with van der Waals surface area (Å²) in [5, 5.41) is 4.08. The predicted octanol–water partition coefficient (Wildman–Crippen LogP) is 5.12. The van der Waals surface area contributed by atoms with Crippen LogP contribution in [0.2, 0.25) is 0 Å². The zero-order valence-corrected chi connectivity index (χ0v) is 21.1. The number of rotatable bonds is 9. The van der Waals surface area contributed by atoms with Crippen LogP contribution in [0.25, 0.3) is 6.08 Å². The van der Waals surface area contributed by atoms with E-state index >= 15 is 4.39 Å². The summed E-state index contributed by atoms with van der Waals surface area (Å²) in [5.74, 6) is 0.252. The molecule has 37 heavy (non-hydrogen) atoms. The second kappa shape index (κ2) is 11.8. The molecule has 1 aliphatic carbocycles. The molecular weight excluding hydrogens is 488 g/mol. The third kappa shape index (κ3) is 8.38. The lowest BCUT2D eigenvalue weighted by molar-refractivity contribution is -0.154. The van der Waals surface area contributed by atoms with Gasteiger partial charge >= 0.3 is 6.18 Å². The first-order chi connectivity index (χ1) is 17.6. The van der Waals surface area contributed by atoms with Gasteiger partial charge in [0.2, 0.25) is 5.88 Å². The van der Waals surface area contributed by atoms with Crippen LogP contribution >= 0.6 is 0 Å². The summed E-state index contributed by atoms with van der Waals surface area (Å²) in [4.78, 5) is 18.8. The molecule has 0 amide bonds. The first-order valence-corrected chi connectivity index (χ1v) is 12.9. The van der Waals surface area contributed by atoms with E-state index in [0.29, 0.717) is 58.0 Å². The highest BCUT2D eigenvalue weighted by Gasteiger charge is 2.36. The van der Waals surface area contributed by atoms with Gasteiger partial charge in [0.05, 0.1) is 6.20 Å². The molecule has 0 radical (unpaired) electrons. The molecule has 0 spiro atoms. The molecule has 0 saturated heterocycles. The molecule has 0 unspecified atom stereocenters. The van der Waals surface area contributed by atoms with E-state index in [1.54, 1.807) is 29.1 Å². The van der Waals surface area contributed by atoms with Gasteiger partial charge in [-0.05, 0) is 62.2 Å². The molecule has 0 aromatic carbocycles. The van der Waals surface area contributed by atoms with Gasteiger partial charge in [0, 0.05) is 63.0 Å². The van der Waals surface area contributed by atoms with Crippen LogP contribution in [0.3, 0.4) is 0 Å². The van der Waals surface area contributed by atoms with Crippen molar-refractivity contribution in [2.24, 2.45) is 13.0 Å². The van der Waals surface area contributed by atoms with Crippen molar-refractivity contribution in [2.75, 3.05) is 26.2 Å². The normalized spacial score (nSPS) is 23.1. The fraction of sp³-hybridized carbons (Fsp3) is 0.593. The van der Waals surface area contributed by atoms with Crippen LogP contribution in [0.4, 0.5) is 17.6 Å². The Labute approximate surface area is 214 Å². The minimum atomic E-state index is -4.40. The molecule has 4 rings (SSSR count). The Bertz CT molecular complexity index is 1090. The standard InChI is InChI=1S/C27H34F4N4O2/c1-34-18-21(17-32-34)2-4-23(36)16-20-6-10-26(28,11-7-20)12-15-35-13-8-22-3-5-25(33-24(22)9-14-35)37-19-27(29,30)31/h2-5,17-18,20H,6-16,19H2,1H3/b4-2+. The highest BCUT2D eigenvalue weighted by Crippen LogP contribution is 2.39. The molecule has 2 aliphatic rings. The minimum absolute atomic E-state index is 0.0185. The smallest absolute Gasteiger partial charge is 0.422 e. The number of pyridine rings is 1. The number of carbonyl (C=O) groups excluding carboxylic acids is 1. The number of nitrogens with zero attached hydrogens (tertiary/aromatic N) is 4. The summed E-state index contributed by atoms with van der Waals surface area (Å²) in [7, 11) is 1.82. The molecule has 10 heteroatoms. The first kappa shape index (κ1) is 27.3. The number of hydrogen-bond donors (Lipinski definition) is 0. The van der Waals surface area contributed by atoms with Crippen molar-refractivity contribution in [1.82, 2.24) is 19.7 Å². The fourth-order valence-corrected chi connectivity index (χ4v) is 5.14. The van der Waals surface area contributed by atoms with E-state index < -0.39 is 18.5 Å². The van der Waals surface area contributed by atoms with Crippen molar-refractivity contribution in [3.8, 4) is 5.88 Å². The summed E-state index contributed by atoms with van der Waals surface area (Å²) in [6.45, 7) is 0.701. The minimum Gasteiger partial charge on any atom is -0.468 e. The monoisotopic (exact) mass is 522 g/mol. The molecule has 1 fully saturated rings. The molecule has 0 N–H and O–H groups in total. The van der Waals surface area contributed by atoms with Gasteiger partial charge in [0.25, 0.3) is 0 Å². The zero-order chi connectivity index (χ0) is 26.5. The zero-order valence-electron chi connectivity index (χ0n) is 21.1. The molecule has 2 aromatic rings. The summed E-state index contributed by atoms with van der Waals surface area (Å²) in [6, 6.07) is 3.26. The van der Waals surface area contributed by atoms with Crippen LogP contribution in [0.5, 0.6) is 5.88 Å². The van der Waals surface area contributed by atoms with Crippen LogP contribution in [0, 0.1) is 5.92 Å². The topological polar surface area (TPSA) is 60.2 Å². The quantitative estimate of drug-likeness (QED) is 0.338. The number of aryl methyl sites for hydroxylation is 1. The molecule has 6 nitrogen and oxygen atoms in total. The Kier molecular flexibility index (Phi) is 8.67. The summed E-state index contributed by atoms with van der Waals surface area (Å²) < 4.78 is 59.3. The van der Waals surface area contributed by atoms with E-state index in [0.717, 1.165) is 29.8 Å². The lowest BCUT2D eigenvalue weighted by Crippen LogP contribution is -2.36. The second-order valence-electron chi connectivity index (χ2n) is 10.3. The van der Waals surface area contributed by atoms with E-state index in [2.05, 4.69) is 15.0 Å². The van der Waals surface area contributed by atoms with Gasteiger partial charge in [-0.2, -0.15) is 18.3 Å². The Hall–Kier alpha value is -2.75. The van der Waals surface area contributed by atoms with Gasteiger partial charge in [-0.25, -0.2) is 9.37 Å². The molecule has 0 bridgehead atoms. The van der Waals surface area contributed by atoms with Crippen molar-refractivity contribution in [2.45, 2.75) is 63.2 Å². The summed E-state index contributed by atoms with van der Waals surface area (Å²) in [6.07, 6.45) is 7.03. The van der Waals surface area contributed by atoms with E-state index in [-0.39, 0.29) is 17.6 Å². The predicted molar refractivity (Wildman–Crippen MR) is 132 cm³/mol. The van der Waals surface area contributed by atoms with Gasteiger partial charge in [-0.15, -0.1) is 0 Å². The van der Waals surface area contributed by atoms with Crippen molar-refractivity contribution < 1.29 is 27.1 Å². The van der Waals surface area contributed by atoms with Gasteiger partial charge in [0.15, 0.2) is 12.4 Å². The average Bonchev–Trinajstić information content (AvgIpc) is 3.16. The van der Waals surface area contributed by atoms with Crippen molar-refractivity contribution in [3.05, 3.63) is 47.4 Å². The third-order valence-corrected chi connectivity index (χ3v) is 7.34. The molecule has 0 atom stereocenters. The number of alkyl halides is 4. The molecule has 2 aromatic heterocycles. The van der Waals surface area contributed by atoms with Crippen LogP contribution in [0.15, 0.2) is 30.6 Å². The van der Waals surface area contributed by atoms with Crippen molar-refractivity contribution in [3.63, 3.8) is 0 Å².